The van der Waals surface area contributed by atoms with Crippen molar-refractivity contribution in [3.8, 4) is 0 Å². The monoisotopic (exact) mass is 403 g/mol. The number of nitrogens with zero attached hydrogens (tertiary/aromatic N) is 2. The minimum Gasteiger partial charge on any atom is -0.438 e. The van der Waals surface area contributed by atoms with Crippen LogP contribution in [0.4, 0.5) is 11.5 Å². The third kappa shape index (κ3) is 4.20. The molecule has 0 radical (unpaired) electrons. The van der Waals surface area contributed by atoms with E-state index in [2.05, 4.69) is 15.3 Å². The van der Waals surface area contributed by atoms with E-state index in [0.717, 1.165) is 16.8 Å². The lowest BCUT2D eigenvalue weighted by atomic mass is 10.1. The van der Waals surface area contributed by atoms with Gasteiger partial charge in [-0.25, -0.2) is 9.98 Å². The Morgan fingerprint density at radius 2 is 1.90 bits per heavy atom. The van der Waals surface area contributed by atoms with Crippen molar-refractivity contribution >= 4 is 40.0 Å². The lowest BCUT2D eigenvalue weighted by molar-refractivity contribution is 0.102. The van der Waals surface area contributed by atoms with Crippen LogP contribution < -0.4 is 10.9 Å². The number of aryl methyl sites for hydroxylation is 2. The highest BCUT2D eigenvalue weighted by molar-refractivity contribution is 6.31. The van der Waals surface area contributed by atoms with Gasteiger partial charge in [-0.05, 0) is 61.4 Å². The van der Waals surface area contributed by atoms with E-state index in [0.29, 0.717) is 27.4 Å². The fourth-order valence-corrected chi connectivity index (χ4v) is 3.05. The average Bonchev–Trinajstić information content (AvgIpc) is 2.71. The van der Waals surface area contributed by atoms with E-state index in [1.807, 2.05) is 44.2 Å². The number of halogens is 1. The number of aromatic nitrogens is 1. The Morgan fingerprint density at radius 3 is 2.66 bits per heavy atom. The van der Waals surface area contributed by atoms with Gasteiger partial charge in [-0.15, -0.1) is 0 Å². The number of benzene rings is 2. The number of hydrogen-bond acceptors (Lipinski definition) is 4. The Morgan fingerprint density at radius 1 is 1.07 bits per heavy atom. The zero-order valence-corrected chi connectivity index (χ0v) is 16.7. The van der Waals surface area contributed by atoms with E-state index in [4.69, 9.17) is 16.0 Å². The highest BCUT2D eigenvalue weighted by Gasteiger charge is 2.14. The minimum absolute atomic E-state index is 0.221. The molecule has 4 aromatic rings. The van der Waals surface area contributed by atoms with Crippen molar-refractivity contribution < 1.29 is 9.21 Å². The van der Waals surface area contributed by atoms with Crippen molar-refractivity contribution in [3.63, 3.8) is 0 Å². The van der Waals surface area contributed by atoms with Crippen LogP contribution in [0.3, 0.4) is 0 Å². The van der Waals surface area contributed by atoms with Gasteiger partial charge in [-0.1, -0.05) is 35.9 Å². The van der Waals surface area contributed by atoms with Crippen molar-refractivity contribution in [2.24, 2.45) is 4.99 Å². The van der Waals surface area contributed by atoms with Gasteiger partial charge in [-0.2, -0.15) is 0 Å². The SMILES string of the molecule is Cc1ccc(NC(=O)c2cc3cc(Cl)ccc3oc2=Nc2ccccc2C)nc1. The van der Waals surface area contributed by atoms with Crippen LogP contribution in [-0.2, 0) is 0 Å². The molecule has 0 aliphatic carbocycles. The number of fused-ring (bicyclic) bond motifs is 1. The van der Waals surface area contributed by atoms with Gasteiger partial charge in [0.05, 0.1) is 5.69 Å². The van der Waals surface area contributed by atoms with E-state index in [-0.39, 0.29) is 11.5 Å². The Bertz CT molecular complexity index is 1280. The first kappa shape index (κ1) is 18.9. The number of anilines is 1. The smallest absolute Gasteiger partial charge is 0.262 e. The summed E-state index contributed by atoms with van der Waals surface area (Å²) in [6.07, 6.45) is 1.69. The van der Waals surface area contributed by atoms with E-state index in [9.17, 15) is 4.79 Å². The lowest BCUT2D eigenvalue weighted by Crippen LogP contribution is -2.22. The number of pyridine rings is 1. The topological polar surface area (TPSA) is 67.5 Å². The molecule has 144 valence electrons. The molecule has 0 aliphatic heterocycles. The molecular weight excluding hydrogens is 386 g/mol. The molecule has 0 atom stereocenters. The van der Waals surface area contributed by atoms with Crippen LogP contribution in [0.5, 0.6) is 0 Å². The maximum atomic E-state index is 13.0. The summed E-state index contributed by atoms with van der Waals surface area (Å²) in [5.41, 5.74) is 3.82. The first-order valence-electron chi connectivity index (χ1n) is 9.07. The summed E-state index contributed by atoms with van der Waals surface area (Å²) in [4.78, 5) is 21.9. The standard InChI is InChI=1S/C23H18ClN3O2/c1-14-7-10-21(25-13-14)27-22(28)18-12-16-11-17(24)8-9-20(16)29-23(18)26-19-6-4-3-5-15(19)2/h3-13H,1-2H3,(H,25,27,28). The number of carbonyl (C=O) groups is 1. The Labute approximate surface area is 172 Å². The highest BCUT2D eigenvalue weighted by Crippen LogP contribution is 2.21. The Kier molecular flexibility index (Phi) is 5.14. The summed E-state index contributed by atoms with van der Waals surface area (Å²) in [7, 11) is 0. The number of carbonyl (C=O) groups excluding carboxylic acids is 1. The quantitative estimate of drug-likeness (QED) is 0.485. The molecule has 6 heteroatoms. The lowest BCUT2D eigenvalue weighted by Gasteiger charge is -2.07. The fourth-order valence-electron chi connectivity index (χ4n) is 2.87. The minimum atomic E-state index is -0.362. The second-order valence-electron chi connectivity index (χ2n) is 6.72. The molecule has 0 bridgehead atoms. The van der Waals surface area contributed by atoms with Crippen LogP contribution in [-0.4, -0.2) is 10.9 Å². The second kappa shape index (κ2) is 7.89. The van der Waals surface area contributed by atoms with Crippen molar-refractivity contribution in [1.82, 2.24) is 4.98 Å². The average molecular weight is 404 g/mol. The van der Waals surface area contributed by atoms with Gasteiger partial charge in [0.1, 0.15) is 17.0 Å². The molecule has 29 heavy (non-hydrogen) atoms. The Balaban J connectivity index is 1.86. The number of rotatable bonds is 3. The molecule has 2 aromatic heterocycles. The molecule has 0 fully saturated rings. The first-order valence-corrected chi connectivity index (χ1v) is 9.45. The van der Waals surface area contributed by atoms with E-state index >= 15 is 0 Å². The molecule has 0 unspecified atom stereocenters. The molecule has 2 aromatic carbocycles. The second-order valence-corrected chi connectivity index (χ2v) is 7.16. The normalized spacial score (nSPS) is 11.6. The molecule has 0 saturated heterocycles. The van der Waals surface area contributed by atoms with E-state index in [1.165, 1.54) is 0 Å². The molecule has 0 spiro atoms. The number of nitrogens with one attached hydrogen (secondary N) is 1. The maximum Gasteiger partial charge on any atom is 0.262 e. The van der Waals surface area contributed by atoms with Gasteiger partial charge in [0, 0.05) is 16.6 Å². The van der Waals surface area contributed by atoms with Crippen LogP contribution in [0.1, 0.15) is 21.5 Å². The molecule has 0 aliphatic rings. The predicted octanol–water partition coefficient (Wildman–Crippen LogP) is 5.58. The fraction of sp³-hybridized carbons (Fsp3) is 0.0870. The summed E-state index contributed by atoms with van der Waals surface area (Å²) in [6, 6.07) is 18.3. The van der Waals surface area contributed by atoms with Crippen molar-refractivity contribution in [2.45, 2.75) is 13.8 Å². The van der Waals surface area contributed by atoms with Gasteiger partial charge >= 0.3 is 0 Å². The molecule has 0 saturated carbocycles. The summed E-state index contributed by atoms with van der Waals surface area (Å²) in [5.74, 6) is 0.0907. The van der Waals surface area contributed by atoms with Crippen molar-refractivity contribution in [2.75, 3.05) is 5.32 Å². The van der Waals surface area contributed by atoms with Gasteiger partial charge in [0.2, 0.25) is 5.55 Å². The van der Waals surface area contributed by atoms with Crippen LogP contribution in [0.2, 0.25) is 5.02 Å². The number of amides is 1. The highest BCUT2D eigenvalue weighted by atomic mass is 35.5. The maximum absolute atomic E-state index is 13.0. The number of para-hydroxylation sites is 1. The summed E-state index contributed by atoms with van der Waals surface area (Å²) in [5, 5.41) is 4.07. The van der Waals surface area contributed by atoms with Crippen LogP contribution in [0.25, 0.3) is 11.0 Å². The number of hydrogen-bond donors (Lipinski definition) is 1. The molecule has 1 N–H and O–H groups in total. The molecule has 1 amide bonds. The third-order valence-corrected chi connectivity index (χ3v) is 4.68. The first-order chi connectivity index (χ1) is 14.0. The van der Waals surface area contributed by atoms with Gasteiger partial charge < -0.3 is 9.73 Å². The summed E-state index contributed by atoms with van der Waals surface area (Å²) >= 11 is 6.11. The van der Waals surface area contributed by atoms with Crippen LogP contribution in [0, 0.1) is 13.8 Å². The van der Waals surface area contributed by atoms with Crippen molar-refractivity contribution in [3.05, 3.63) is 94.1 Å². The van der Waals surface area contributed by atoms with Gasteiger partial charge in [0.15, 0.2) is 0 Å². The third-order valence-electron chi connectivity index (χ3n) is 4.44. The molecule has 5 nitrogen and oxygen atoms in total. The van der Waals surface area contributed by atoms with Crippen LogP contribution >= 0.6 is 11.6 Å². The van der Waals surface area contributed by atoms with E-state index in [1.54, 1.807) is 36.5 Å². The van der Waals surface area contributed by atoms with Gasteiger partial charge in [0.25, 0.3) is 5.91 Å². The summed E-state index contributed by atoms with van der Waals surface area (Å²) in [6.45, 7) is 3.89. The molecule has 4 rings (SSSR count). The van der Waals surface area contributed by atoms with Crippen molar-refractivity contribution in [1.29, 1.82) is 0 Å². The van der Waals surface area contributed by atoms with Crippen LogP contribution in [0.15, 0.2) is 76.3 Å². The predicted molar refractivity (Wildman–Crippen MR) is 115 cm³/mol. The molecule has 2 heterocycles. The zero-order chi connectivity index (χ0) is 20.4. The summed E-state index contributed by atoms with van der Waals surface area (Å²) < 4.78 is 5.98. The Hall–Kier alpha value is -3.44. The zero-order valence-electron chi connectivity index (χ0n) is 15.9. The van der Waals surface area contributed by atoms with E-state index < -0.39 is 0 Å². The largest absolute Gasteiger partial charge is 0.438 e. The van der Waals surface area contributed by atoms with Gasteiger partial charge in [-0.3, -0.25) is 4.79 Å². The molecular formula is C23H18ClN3O2.